The number of methoxy groups -OCH3 is 1. The van der Waals surface area contributed by atoms with Crippen LogP contribution in [0.3, 0.4) is 0 Å². The normalized spacial score (nSPS) is 22.5. The van der Waals surface area contributed by atoms with Crippen LogP contribution in [-0.4, -0.2) is 87.0 Å². The molecule has 1 aliphatic heterocycles. The van der Waals surface area contributed by atoms with Gasteiger partial charge in [-0.3, -0.25) is 14.4 Å². The molecule has 37 heavy (non-hydrogen) atoms. The van der Waals surface area contributed by atoms with E-state index in [1.165, 1.54) is 34.4 Å². The minimum absolute atomic E-state index is 0.0620. The number of benzene rings is 1. The zero-order chi connectivity index (χ0) is 27.4. The molecule has 1 aromatic carbocycles. The van der Waals surface area contributed by atoms with Crippen LogP contribution in [0.1, 0.15) is 29.2 Å². The van der Waals surface area contributed by atoms with Crippen molar-refractivity contribution >= 4 is 33.0 Å². The number of alkyl halides is 3. The topological polar surface area (TPSA) is 101 Å². The highest BCUT2D eigenvalue weighted by atomic mass is 32.2. The molecule has 0 spiro atoms. The number of halogens is 3. The predicted octanol–water partition coefficient (Wildman–Crippen LogP) is 3.45. The van der Waals surface area contributed by atoms with Gasteiger partial charge in [0.2, 0.25) is 10.0 Å². The Balaban J connectivity index is 1.94. The minimum atomic E-state index is -4.90. The Morgan fingerprint density at radius 2 is 2.00 bits per heavy atom. The molecule has 0 saturated heterocycles. The molecule has 9 nitrogen and oxygen atoms in total. The lowest BCUT2D eigenvalue weighted by atomic mass is 10.0. The number of hydrogen-bond donors (Lipinski definition) is 1. The molecular weight excluding hydrogens is 533 g/mol. The Kier molecular flexibility index (Phi) is 9.42. The van der Waals surface area contributed by atoms with Crippen molar-refractivity contribution in [2.75, 3.05) is 44.3 Å². The number of ether oxygens (including phenoxy) is 2. The van der Waals surface area contributed by atoms with Gasteiger partial charge in [-0.25, -0.2) is 13.4 Å². The number of rotatable bonds is 6. The highest BCUT2D eigenvalue weighted by molar-refractivity contribution is 7.92. The van der Waals surface area contributed by atoms with Gasteiger partial charge in [0.05, 0.1) is 23.9 Å². The third kappa shape index (κ3) is 8.28. The van der Waals surface area contributed by atoms with E-state index in [9.17, 15) is 26.4 Å². The van der Waals surface area contributed by atoms with Gasteiger partial charge in [-0.1, -0.05) is 6.92 Å². The monoisotopic (exact) mass is 564 g/mol. The fourth-order valence-corrected chi connectivity index (χ4v) is 5.70. The van der Waals surface area contributed by atoms with Crippen LogP contribution in [0.25, 0.3) is 0 Å². The van der Waals surface area contributed by atoms with Crippen molar-refractivity contribution in [3.63, 3.8) is 0 Å². The maximum Gasteiger partial charge on any atom is 0.404 e. The molecule has 3 atom stereocenters. The summed E-state index contributed by atoms with van der Waals surface area (Å²) in [6, 6.07) is 3.67. The molecule has 2 aromatic rings. The second-order valence-corrected chi connectivity index (χ2v) is 11.8. The van der Waals surface area contributed by atoms with E-state index in [-0.39, 0.29) is 54.1 Å². The van der Waals surface area contributed by atoms with Crippen LogP contribution in [0, 0.1) is 5.92 Å². The van der Waals surface area contributed by atoms with E-state index >= 15 is 0 Å². The van der Waals surface area contributed by atoms with Crippen LogP contribution < -0.4 is 9.46 Å². The number of nitrogens with one attached hydrogen (secondary N) is 1. The molecular formula is C23H31F3N4O5S2. The van der Waals surface area contributed by atoms with Crippen molar-refractivity contribution < 1.29 is 35.9 Å². The molecule has 0 fully saturated rings. The summed E-state index contributed by atoms with van der Waals surface area (Å²) in [4.78, 5) is 21.3. The molecule has 0 saturated carbocycles. The van der Waals surface area contributed by atoms with Crippen molar-refractivity contribution in [1.29, 1.82) is 0 Å². The lowest BCUT2D eigenvalue weighted by Gasteiger charge is -2.35. The first kappa shape index (κ1) is 29.1. The lowest BCUT2D eigenvalue weighted by molar-refractivity contribution is -0.106. The first-order valence-corrected chi connectivity index (χ1v) is 14.1. The lowest BCUT2D eigenvalue weighted by Crippen LogP contribution is -2.46. The van der Waals surface area contributed by atoms with Crippen molar-refractivity contribution in [3.05, 3.63) is 40.3 Å². The number of anilines is 1. The van der Waals surface area contributed by atoms with Gasteiger partial charge in [0, 0.05) is 50.9 Å². The first-order valence-electron chi connectivity index (χ1n) is 11.5. The average molecular weight is 565 g/mol. The quantitative estimate of drug-likeness (QED) is 0.574. The van der Waals surface area contributed by atoms with Crippen molar-refractivity contribution in [2.45, 2.75) is 38.7 Å². The summed E-state index contributed by atoms with van der Waals surface area (Å²) in [5.74, 6) is -2.29. The summed E-state index contributed by atoms with van der Waals surface area (Å²) in [5.41, 5.74) is 0.0178. The smallest absolute Gasteiger partial charge is 0.404 e. The number of carbonyl (C=O) groups excluding carboxylic acids is 1. The number of sulfonamides is 1. The van der Waals surface area contributed by atoms with Gasteiger partial charge in [-0.2, -0.15) is 13.2 Å². The van der Waals surface area contributed by atoms with Crippen LogP contribution in [-0.2, 0) is 21.3 Å². The Bertz CT molecular complexity index is 1160. The highest BCUT2D eigenvalue weighted by Gasteiger charge is 2.35. The number of hydrogen-bond acceptors (Lipinski definition) is 8. The summed E-state index contributed by atoms with van der Waals surface area (Å²) in [6.07, 6.45) is -3.43. The number of amides is 1. The molecule has 1 aromatic heterocycles. The summed E-state index contributed by atoms with van der Waals surface area (Å²) < 4.78 is 75.6. The van der Waals surface area contributed by atoms with Crippen LogP contribution in [0.4, 0.5) is 18.9 Å². The maximum absolute atomic E-state index is 13.2. The summed E-state index contributed by atoms with van der Waals surface area (Å²) >= 11 is 1.53. The van der Waals surface area contributed by atoms with E-state index in [0.29, 0.717) is 13.1 Å². The second kappa shape index (κ2) is 12.0. The highest BCUT2D eigenvalue weighted by Crippen LogP contribution is 2.28. The number of fused-ring (bicyclic) bond motifs is 1. The molecule has 206 valence electrons. The molecule has 14 heteroatoms. The Morgan fingerprint density at radius 1 is 1.27 bits per heavy atom. The largest absolute Gasteiger partial charge is 0.491 e. The fraction of sp³-hybridized carbons (Fsp3) is 0.565. The van der Waals surface area contributed by atoms with E-state index < -0.39 is 22.0 Å². The van der Waals surface area contributed by atoms with Gasteiger partial charge in [0.25, 0.3) is 5.91 Å². The van der Waals surface area contributed by atoms with Gasteiger partial charge >= 0.3 is 6.18 Å². The Hall–Kier alpha value is -2.42. The molecule has 0 radical (unpaired) electrons. The average Bonchev–Trinajstić information content (AvgIpc) is 3.30. The maximum atomic E-state index is 13.2. The van der Waals surface area contributed by atoms with Gasteiger partial charge in [0.15, 0.2) is 5.75 Å². The molecule has 1 N–H and O–H groups in total. The summed E-state index contributed by atoms with van der Waals surface area (Å²) in [7, 11) is -1.49. The molecule has 1 aliphatic rings. The molecule has 1 amide bonds. The standard InChI is InChI=1S/C23H31F3N4O5S2/c1-15-10-30(12-21-27-7-8-36-21)16(2)13-35-19-9-17(28-37(32,33)14-23(24,25)26)5-6-18(19)22(31)29(3)11-20(15)34-4/h5-9,15-16,20,28H,10-14H2,1-4H3/t15-,16+,20+/m1/s1. The molecule has 0 unspecified atom stereocenters. The van der Waals surface area contributed by atoms with Crippen molar-refractivity contribution in [2.24, 2.45) is 5.92 Å². The van der Waals surface area contributed by atoms with Crippen LogP contribution in [0.2, 0.25) is 0 Å². The van der Waals surface area contributed by atoms with Gasteiger partial charge < -0.3 is 14.4 Å². The number of likely N-dealkylation sites (N-methyl/N-ethyl adjacent to an activating group) is 1. The van der Waals surface area contributed by atoms with Gasteiger partial charge in [-0.15, -0.1) is 11.3 Å². The zero-order valence-electron chi connectivity index (χ0n) is 21.0. The zero-order valence-corrected chi connectivity index (χ0v) is 22.6. The van der Waals surface area contributed by atoms with E-state index in [1.807, 2.05) is 23.9 Å². The third-order valence-electron chi connectivity index (χ3n) is 6.02. The number of aromatic nitrogens is 1. The summed E-state index contributed by atoms with van der Waals surface area (Å²) in [6.45, 7) is 5.63. The van der Waals surface area contributed by atoms with Gasteiger partial charge in [-0.05, 0) is 25.0 Å². The third-order valence-corrected chi connectivity index (χ3v) is 8.04. The Morgan fingerprint density at radius 3 is 2.62 bits per heavy atom. The van der Waals surface area contributed by atoms with E-state index in [4.69, 9.17) is 9.47 Å². The minimum Gasteiger partial charge on any atom is -0.491 e. The molecule has 0 bridgehead atoms. The van der Waals surface area contributed by atoms with Crippen LogP contribution >= 0.6 is 11.3 Å². The fourth-order valence-electron chi connectivity index (χ4n) is 4.07. The van der Waals surface area contributed by atoms with E-state index in [0.717, 1.165) is 5.01 Å². The number of nitrogens with zero attached hydrogens (tertiary/aromatic N) is 3. The summed E-state index contributed by atoms with van der Waals surface area (Å²) in [5, 5.41) is 2.82. The van der Waals surface area contributed by atoms with Crippen molar-refractivity contribution in [3.8, 4) is 5.75 Å². The van der Waals surface area contributed by atoms with Crippen LogP contribution in [0.15, 0.2) is 29.8 Å². The Labute approximate surface area is 218 Å². The van der Waals surface area contributed by atoms with E-state index in [1.54, 1.807) is 20.4 Å². The molecule has 2 heterocycles. The number of carbonyl (C=O) groups is 1. The van der Waals surface area contributed by atoms with Crippen LogP contribution in [0.5, 0.6) is 5.75 Å². The molecule has 0 aliphatic carbocycles. The van der Waals surface area contributed by atoms with Crippen molar-refractivity contribution in [1.82, 2.24) is 14.8 Å². The first-order chi connectivity index (χ1) is 17.3. The number of thiazole rings is 1. The molecule has 3 rings (SSSR count). The predicted molar refractivity (Wildman–Crippen MR) is 134 cm³/mol. The van der Waals surface area contributed by atoms with E-state index in [2.05, 4.69) is 9.88 Å². The SMILES string of the molecule is CO[C@H]1CN(C)C(=O)c2ccc(NS(=O)(=O)CC(F)(F)F)cc2OC[C@H](C)N(Cc2nccs2)C[C@H]1C. The second-order valence-electron chi connectivity index (χ2n) is 9.14. The van der Waals surface area contributed by atoms with Gasteiger partial charge in [0.1, 0.15) is 17.4 Å².